The minimum Gasteiger partial charge on any atom is -0.454 e. The molecule has 10 aromatic rings. The predicted molar refractivity (Wildman–Crippen MR) is 238 cm³/mol. The van der Waals surface area contributed by atoms with Gasteiger partial charge in [0.2, 0.25) is 0 Å². The van der Waals surface area contributed by atoms with Gasteiger partial charge in [-0.15, -0.1) is 0 Å². The first kappa shape index (κ1) is 33.0. The highest BCUT2D eigenvalue weighted by Gasteiger charge is 2.20. The summed E-state index contributed by atoms with van der Waals surface area (Å²) in [5.41, 5.74) is 16.1. The van der Waals surface area contributed by atoms with Crippen molar-refractivity contribution in [2.45, 2.75) is 12.8 Å². The molecule has 3 nitrogen and oxygen atoms in total. The first-order chi connectivity index (χ1) is 28.3. The largest absolute Gasteiger partial charge is 0.454 e. The van der Waals surface area contributed by atoms with Gasteiger partial charge in [0.15, 0.2) is 5.42 Å². The zero-order valence-corrected chi connectivity index (χ0v) is 31.3. The minimum atomic E-state index is 0.923. The first-order valence-electron chi connectivity index (χ1n) is 19.7. The van der Waals surface area contributed by atoms with E-state index in [1.807, 2.05) is 0 Å². The Bertz CT molecular complexity index is 3210. The van der Waals surface area contributed by atoms with Crippen LogP contribution in [0.4, 0.5) is 17.1 Å². The highest BCUT2D eigenvalue weighted by Crippen LogP contribution is 2.39. The number of fused-ring (bicyclic) bond motifs is 6. The molecule has 2 aromatic heterocycles. The van der Waals surface area contributed by atoms with E-state index in [0.717, 1.165) is 40.9 Å². The van der Waals surface area contributed by atoms with Crippen LogP contribution in [0, 0.1) is 0 Å². The molecule has 0 N–H and O–H groups in total. The lowest BCUT2D eigenvalue weighted by molar-refractivity contribution is 0.564. The van der Waals surface area contributed by atoms with Crippen molar-refractivity contribution in [3.63, 3.8) is 0 Å². The van der Waals surface area contributed by atoms with Crippen LogP contribution in [-0.4, -0.2) is 4.57 Å². The molecule has 3 heteroatoms. The SMILES string of the molecule is C1=c2c(oc3ccccc23)=C(n2c3ccccc3c3cc(-c4ccc(N(c5ccccc5)c5ccc(-c6cccc(-c7ccccc7)c6)cc5)cc4)ccc32)CC1. The average Bonchev–Trinajstić information content (AvgIpc) is 3.83. The van der Waals surface area contributed by atoms with E-state index < -0.39 is 0 Å². The van der Waals surface area contributed by atoms with Gasteiger partial charge in [-0.3, -0.25) is 0 Å². The number of rotatable bonds is 7. The fraction of sp³-hybridized carbons (Fsp3) is 0.0370. The Balaban J connectivity index is 0.958. The molecule has 1 aliphatic carbocycles. The molecule has 57 heavy (non-hydrogen) atoms. The number of para-hydroxylation sites is 3. The smallest absolute Gasteiger partial charge is 0.154 e. The van der Waals surface area contributed by atoms with E-state index in [-0.39, 0.29) is 0 Å². The van der Waals surface area contributed by atoms with Gasteiger partial charge in [0.25, 0.3) is 0 Å². The van der Waals surface area contributed by atoms with Crippen LogP contribution in [0.5, 0.6) is 0 Å². The highest BCUT2D eigenvalue weighted by molar-refractivity contribution is 6.11. The third-order valence-corrected chi connectivity index (χ3v) is 11.5. The summed E-state index contributed by atoms with van der Waals surface area (Å²) >= 11 is 0. The van der Waals surface area contributed by atoms with Crippen LogP contribution in [0.1, 0.15) is 12.8 Å². The summed E-state index contributed by atoms with van der Waals surface area (Å²) in [6.07, 6.45) is 4.24. The van der Waals surface area contributed by atoms with Gasteiger partial charge in [0.1, 0.15) is 5.58 Å². The van der Waals surface area contributed by atoms with Crippen molar-refractivity contribution >= 4 is 61.6 Å². The molecule has 0 radical (unpaired) electrons. The lowest BCUT2D eigenvalue weighted by atomic mass is 9.99. The fourth-order valence-electron chi connectivity index (χ4n) is 8.74. The summed E-state index contributed by atoms with van der Waals surface area (Å²) in [4.78, 5) is 2.33. The molecule has 0 fully saturated rings. The number of anilines is 3. The van der Waals surface area contributed by atoms with Gasteiger partial charge in [0.05, 0.1) is 16.7 Å². The van der Waals surface area contributed by atoms with Crippen LogP contribution in [0.25, 0.3) is 77.9 Å². The Morgan fingerprint density at radius 2 is 0.930 bits per heavy atom. The standard InChI is InChI=1S/C54H38N2O/c1-3-13-37(14-4-1)40-15-11-16-41(35-40)38-25-30-44(31-26-38)55(43-17-5-2-6-18-43)45-32-27-39(28-33-45)42-29-34-51-49(36-42)46-19-7-9-22-50(46)56(51)52-23-12-21-48-47-20-8-10-24-53(47)57-54(48)52/h1-11,13-22,24-36H,12,23H2. The maximum absolute atomic E-state index is 6.56. The van der Waals surface area contributed by atoms with Crippen LogP contribution in [-0.2, 0) is 0 Å². The summed E-state index contributed by atoms with van der Waals surface area (Å²) in [6, 6.07) is 72.0. The van der Waals surface area contributed by atoms with E-state index in [4.69, 9.17) is 4.42 Å². The van der Waals surface area contributed by atoms with Gasteiger partial charge >= 0.3 is 0 Å². The molecule has 270 valence electrons. The summed E-state index contributed by atoms with van der Waals surface area (Å²) in [6.45, 7) is 0. The second-order valence-electron chi connectivity index (χ2n) is 14.8. The number of aromatic nitrogens is 1. The molecule has 0 amide bonds. The van der Waals surface area contributed by atoms with E-state index in [9.17, 15) is 0 Å². The van der Waals surface area contributed by atoms with Gasteiger partial charge in [-0.1, -0.05) is 140 Å². The Morgan fingerprint density at radius 3 is 1.65 bits per heavy atom. The number of furan rings is 1. The summed E-state index contributed by atoms with van der Waals surface area (Å²) < 4.78 is 9.00. The zero-order valence-electron chi connectivity index (χ0n) is 31.3. The van der Waals surface area contributed by atoms with E-state index in [1.54, 1.807) is 0 Å². The fourth-order valence-corrected chi connectivity index (χ4v) is 8.74. The van der Waals surface area contributed by atoms with Crippen LogP contribution in [0.3, 0.4) is 0 Å². The van der Waals surface area contributed by atoms with E-state index in [2.05, 4.69) is 216 Å². The third kappa shape index (κ3) is 5.75. The molecule has 0 bridgehead atoms. The van der Waals surface area contributed by atoms with E-state index in [1.165, 1.54) is 71.5 Å². The van der Waals surface area contributed by atoms with E-state index in [0.29, 0.717) is 0 Å². The molecule has 2 heterocycles. The topological polar surface area (TPSA) is 21.3 Å². The van der Waals surface area contributed by atoms with Crippen LogP contribution in [0.15, 0.2) is 205 Å². The zero-order chi connectivity index (χ0) is 37.7. The molecule has 0 atom stereocenters. The van der Waals surface area contributed by atoms with Gasteiger partial charge < -0.3 is 13.9 Å². The molecule has 0 saturated carbocycles. The number of nitrogens with zero attached hydrogens (tertiary/aromatic N) is 2. The first-order valence-corrected chi connectivity index (χ1v) is 19.7. The predicted octanol–water partition coefficient (Wildman–Crippen LogP) is 13.2. The lowest BCUT2D eigenvalue weighted by Crippen LogP contribution is -2.28. The Labute approximate surface area is 331 Å². The van der Waals surface area contributed by atoms with Crippen molar-refractivity contribution in [3.05, 3.63) is 211 Å². The number of hydrogen-bond donors (Lipinski definition) is 0. The Kier molecular flexibility index (Phi) is 7.96. The highest BCUT2D eigenvalue weighted by atomic mass is 16.3. The van der Waals surface area contributed by atoms with Gasteiger partial charge in [-0.2, -0.15) is 0 Å². The van der Waals surface area contributed by atoms with Gasteiger partial charge in [-0.05, 0) is 113 Å². The molecule has 11 rings (SSSR count). The minimum absolute atomic E-state index is 0.923. The summed E-state index contributed by atoms with van der Waals surface area (Å²) in [7, 11) is 0. The van der Waals surface area contributed by atoms with Crippen molar-refractivity contribution in [2.75, 3.05) is 4.90 Å². The van der Waals surface area contributed by atoms with E-state index >= 15 is 0 Å². The van der Waals surface area contributed by atoms with Gasteiger partial charge in [0, 0.05) is 38.4 Å². The molecular formula is C54H38N2O. The van der Waals surface area contributed by atoms with Gasteiger partial charge in [-0.25, -0.2) is 0 Å². The van der Waals surface area contributed by atoms with Crippen molar-refractivity contribution in [3.8, 4) is 33.4 Å². The molecule has 0 aliphatic heterocycles. The molecular weight excluding hydrogens is 693 g/mol. The molecule has 0 unspecified atom stereocenters. The summed E-state index contributed by atoms with van der Waals surface area (Å²) in [5, 5.41) is 4.89. The van der Waals surface area contributed by atoms with Crippen LogP contribution < -0.4 is 15.5 Å². The molecule has 1 aliphatic rings. The average molecular weight is 731 g/mol. The Morgan fingerprint density at radius 1 is 0.404 bits per heavy atom. The quantitative estimate of drug-likeness (QED) is 0.163. The maximum atomic E-state index is 6.56. The maximum Gasteiger partial charge on any atom is 0.154 e. The number of hydrogen-bond acceptors (Lipinski definition) is 2. The molecule has 0 spiro atoms. The summed E-state index contributed by atoms with van der Waals surface area (Å²) in [5.74, 6) is 0. The molecule has 8 aromatic carbocycles. The normalized spacial score (nSPS) is 12.5. The lowest BCUT2D eigenvalue weighted by Gasteiger charge is -2.26. The molecule has 0 saturated heterocycles. The van der Waals surface area contributed by atoms with Crippen molar-refractivity contribution < 1.29 is 4.42 Å². The van der Waals surface area contributed by atoms with Crippen LogP contribution >= 0.6 is 0 Å². The second-order valence-corrected chi connectivity index (χ2v) is 14.8. The third-order valence-electron chi connectivity index (χ3n) is 11.5. The van der Waals surface area contributed by atoms with Crippen molar-refractivity contribution in [1.29, 1.82) is 0 Å². The van der Waals surface area contributed by atoms with Crippen molar-refractivity contribution in [1.82, 2.24) is 4.57 Å². The Hall–Kier alpha value is -7.36. The van der Waals surface area contributed by atoms with Crippen LogP contribution in [0.2, 0.25) is 0 Å². The monoisotopic (exact) mass is 730 g/mol. The van der Waals surface area contributed by atoms with Crippen molar-refractivity contribution in [2.24, 2.45) is 0 Å². The number of benzene rings is 8. The second kappa shape index (κ2) is 13.7.